The van der Waals surface area contributed by atoms with Crippen molar-refractivity contribution in [2.45, 2.75) is 26.2 Å². The number of hydrogen-bond donors (Lipinski definition) is 2. The van der Waals surface area contributed by atoms with Crippen LogP contribution in [0.15, 0.2) is 48.5 Å². The van der Waals surface area contributed by atoms with E-state index in [4.69, 9.17) is 17.0 Å². The van der Waals surface area contributed by atoms with Gasteiger partial charge in [0, 0.05) is 5.69 Å². The van der Waals surface area contributed by atoms with Crippen molar-refractivity contribution < 1.29 is 9.53 Å². The Morgan fingerprint density at radius 2 is 1.83 bits per heavy atom. The van der Waals surface area contributed by atoms with Gasteiger partial charge in [0.1, 0.15) is 5.75 Å². The summed E-state index contributed by atoms with van der Waals surface area (Å²) in [5.41, 5.74) is 2.59. The molecule has 5 heteroatoms. The minimum atomic E-state index is -0.301. The second kappa shape index (κ2) is 9.03. The maximum Gasteiger partial charge on any atom is 0.261 e. The van der Waals surface area contributed by atoms with E-state index in [2.05, 4.69) is 29.7 Å². The first-order valence-corrected chi connectivity index (χ1v) is 8.39. The molecule has 0 heterocycles. The van der Waals surface area contributed by atoms with E-state index >= 15 is 0 Å². The summed E-state index contributed by atoms with van der Waals surface area (Å²) in [6.07, 6.45) is 3.44. The molecule has 0 saturated heterocycles. The maximum absolute atomic E-state index is 12.3. The van der Waals surface area contributed by atoms with Gasteiger partial charge in [-0.3, -0.25) is 10.1 Å². The van der Waals surface area contributed by atoms with Gasteiger partial charge in [-0.25, -0.2) is 0 Å². The van der Waals surface area contributed by atoms with Crippen molar-refractivity contribution in [1.82, 2.24) is 5.32 Å². The van der Waals surface area contributed by atoms with Crippen LogP contribution in [0.2, 0.25) is 0 Å². The topological polar surface area (TPSA) is 50.4 Å². The molecule has 2 aromatic rings. The predicted molar refractivity (Wildman–Crippen MR) is 102 cm³/mol. The van der Waals surface area contributed by atoms with Crippen LogP contribution in [-0.2, 0) is 6.42 Å². The average Bonchev–Trinajstić information content (AvgIpc) is 2.61. The van der Waals surface area contributed by atoms with Crippen molar-refractivity contribution in [3.63, 3.8) is 0 Å². The number of carbonyl (C=O) groups excluding carboxylic acids is 1. The summed E-state index contributed by atoms with van der Waals surface area (Å²) >= 11 is 5.21. The van der Waals surface area contributed by atoms with E-state index in [0.29, 0.717) is 11.3 Å². The van der Waals surface area contributed by atoms with Crippen LogP contribution >= 0.6 is 12.2 Å². The molecule has 0 aliphatic carbocycles. The lowest BCUT2D eigenvalue weighted by Crippen LogP contribution is -2.34. The summed E-state index contributed by atoms with van der Waals surface area (Å²) in [6, 6.07) is 15.1. The van der Waals surface area contributed by atoms with Gasteiger partial charge in [-0.1, -0.05) is 37.6 Å². The average molecular weight is 342 g/mol. The van der Waals surface area contributed by atoms with Gasteiger partial charge in [0.15, 0.2) is 5.11 Å². The third-order valence-electron chi connectivity index (χ3n) is 3.61. The Morgan fingerprint density at radius 1 is 1.12 bits per heavy atom. The number of unbranched alkanes of at least 4 members (excludes halogenated alkanes) is 1. The number of methoxy groups -OCH3 is 1. The normalized spacial score (nSPS) is 10.1. The molecule has 0 aromatic heterocycles. The Labute approximate surface area is 148 Å². The first-order chi connectivity index (χ1) is 11.6. The zero-order valence-electron chi connectivity index (χ0n) is 14.0. The standard InChI is InChI=1S/C19H22N2O2S/c1-3-4-7-14-10-12-15(13-11-14)20-19(24)21-18(22)16-8-5-6-9-17(16)23-2/h5-6,8-13H,3-4,7H2,1-2H3,(H2,20,21,22,24). The van der Waals surface area contributed by atoms with Crippen LogP contribution < -0.4 is 15.4 Å². The lowest BCUT2D eigenvalue weighted by atomic mass is 10.1. The third-order valence-corrected chi connectivity index (χ3v) is 3.81. The smallest absolute Gasteiger partial charge is 0.261 e. The highest BCUT2D eigenvalue weighted by atomic mass is 32.1. The van der Waals surface area contributed by atoms with E-state index in [1.807, 2.05) is 18.2 Å². The third kappa shape index (κ3) is 5.06. The molecule has 126 valence electrons. The summed E-state index contributed by atoms with van der Waals surface area (Å²) < 4.78 is 5.19. The number of aryl methyl sites for hydroxylation is 1. The van der Waals surface area contributed by atoms with Crippen molar-refractivity contribution in [1.29, 1.82) is 0 Å². The van der Waals surface area contributed by atoms with E-state index in [-0.39, 0.29) is 11.0 Å². The molecule has 0 bridgehead atoms. The number of anilines is 1. The van der Waals surface area contributed by atoms with Gasteiger partial charge in [0.2, 0.25) is 0 Å². The fourth-order valence-corrected chi connectivity index (χ4v) is 2.51. The summed E-state index contributed by atoms with van der Waals surface area (Å²) in [5, 5.41) is 5.95. The monoisotopic (exact) mass is 342 g/mol. The van der Waals surface area contributed by atoms with Gasteiger partial charge in [-0.05, 0) is 54.9 Å². The fraction of sp³-hybridized carbons (Fsp3) is 0.263. The van der Waals surface area contributed by atoms with Crippen LogP contribution in [0.3, 0.4) is 0 Å². The highest BCUT2D eigenvalue weighted by Gasteiger charge is 2.12. The number of rotatable bonds is 6. The molecule has 1 amide bonds. The molecule has 24 heavy (non-hydrogen) atoms. The number of para-hydroxylation sites is 1. The van der Waals surface area contributed by atoms with E-state index in [1.165, 1.54) is 25.5 Å². The van der Waals surface area contributed by atoms with Crippen LogP contribution in [0.1, 0.15) is 35.7 Å². The SMILES string of the molecule is CCCCc1ccc(NC(=S)NC(=O)c2ccccc2OC)cc1. The van der Waals surface area contributed by atoms with E-state index < -0.39 is 0 Å². The maximum atomic E-state index is 12.3. The quantitative estimate of drug-likeness (QED) is 0.774. The predicted octanol–water partition coefficient (Wildman–Crippen LogP) is 4.16. The molecule has 0 fully saturated rings. The highest BCUT2D eigenvalue weighted by molar-refractivity contribution is 7.80. The van der Waals surface area contributed by atoms with Crippen LogP contribution in [0.25, 0.3) is 0 Å². The summed E-state index contributed by atoms with van der Waals surface area (Å²) in [5.74, 6) is 0.211. The molecule has 2 rings (SSSR count). The summed E-state index contributed by atoms with van der Waals surface area (Å²) in [6.45, 7) is 2.18. The summed E-state index contributed by atoms with van der Waals surface area (Å²) in [4.78, 5) is 12.3. The van der Waals surface area contributed by atoms with Crippen molar-refractivity contribution in [2.24, 2.45) is 0 Å². The number of benzene rings is 2. The summed E-state index contributed by atoms with van der Waals surface area (Å²) in [7, 11) is 1.53. The number of amides is 1. The van der Waals surface area contributed by atoms with Crippen molar-refractivity contribution in [2.75, 3.05) is 12.4 Å². The van der Waals surface area contributed by atoms with Crippen molar-refractivity contribution in [3.8, 4) is 5.75 Å². The Balaban J connectivity index is 1.94. The first-order valence-electron chi connectivity index (χ1n) is 7.98. The molecular formula is C19H22N2O2S. The molecule has 0 radical (unpaired) electrons. The Hall–Kier alpha value is -2.40. The molecule has 0 saturated carbocycles. The minimum absolute atomic E-state index is 0.257. The highest BCUT2D eigenvalue weighted by Crippen LogP contribution is 2.17. The number of hydrogen-bond acceptors (Lipinski definition) is 3. The second-order valence-corrected chi connectivity index (χ2v) is 5.82. The van der Waals surface area contributed by atoms with Crippen molar-refractivity contribution in [3.05, 3.63) is 59.7 Å². The van der Waals surface area contributed by atoms with E-state index in [9.17, 15) is 4.79 Å². The Bertz CT molecular complexity index is 699. The molecule has 0 aliphatic heterocycles. The molecule has 2 aromatic carbocycles. The van der Waals surface area contributed by atoms with Gasteiger partial charge >= 0.3 is 0 Å². The Morgan fingerprint density at radius 3 is 2.50 bits per heavy atom. The van der Waals surface area contributed by atoms with Crippen LogP contribution in [0.5, 0.6) is 5.75 Å². The number of ether oxygens (including phenoxy) is 1. The molecule has 0 unspecified atom stereocenters. The minimum Gasteiger partial charge on any atom is -0.496 e. The van der Waals surface area contributed by atoms with Crippen LogP contribution in [-0.4, -0.2) is 18.1 Å². The van der Waals surface area contributed by atoms with E-state index in [0.717, 1.165) is 12.1 Å². The molecule has 0 atom stereocenters. The molecule has 0 aliphatic rings. The largest absolute Gasteiger partial charge is 0.496 e. The molecule has 4 nitrogen and oxygen atoms in total. The number of carbonyl (C=O) groups is 1. The van der Waals surface area contributed by atoms with Gasteiger partial charge in [-0.2, -0.15) is 0 Å². The molecule has 0 spiro atoms. The lowest BCUT2D eigenvalue weighted by molar-refractivity contribution is 0.0975. The zero-order valence-corrected chi connectivity index (χ0v) is 14.8. The van der Waals surface area contributed by atoms with Gasteiger partial charge in [0.05, 0.1) is 12.7 Å². The van der Waals surface area contributed by atoms with Crippen LogP contribution in [0, 0.1) is 0 Å². The first kappa shape index (κ1) is 17.9. The van der Waals surface area contributed by atoms with Gasteiger partial charge in [0.25, 0.3) is 5.91 Å². The lowest BCUT2D eigenvalue weighted by Gasteiger charge is -2.12. The van der Waals surface area contributed by atoms with Crippen LogP contribution in [0.4, 0.5) is 5.69 Å². The van der Waals surface area contributed by atoms with Crippen molar-refractivity contribution >= 4 is 28.9 Å². The second-order valence-electron chi connectivity index (χ2n) is 5.41. The zero-order chi connectivity index (χ0) is 17.4. The van der Waals surface area contributed by atoms with Gasteiger partial charge in [-0.15, -0.1) is 0 Å². The molecular weight excluding hydrogens is 320 g/mol. The number of nitrogens with one attached hydrogen (secondary N) is 2. The van der Waals surface area contributed by atoms with Gasteiger partial charge < -0.3 is 10.1 Å². The molecule has 2 N–H and O–H groups in total. The number of thiocarbonyl (C=S) groups is 1. The van der Waals surface area contributed by atoms with E-state index in [1.54, 1.807) is 18.2 Å². The Kier molecular flexibility index (Phi) is 6.75. The fourth-order valence-electron chi connectivity index (χ4n) is 2.30.